The van der Waals surface area contributed by atoms with Crippen LogP contribution in [0.3, 0.4) is 0 Å². The number of rotatable bonds is 1. The molecule has 0 radical (unpaired) electrons. The summed E-state index contributed by atoms with van der Waals surface area (Å²) in [5, 5.41) is 19.1. The number of halogens is 1. The summed E-state index contributed by atoms with van der Waals surface area (Å²) in [6.07, 6.45) is 0. The van der Waals surface area contributed by atoms with Gasteiger partial charge in [-0.2, -0.15) is 0 Å². The first-order valence-electron chi connectivity index (χ1n) is 2.57. The Morgan fingerprint density at radius 1 is 1.00 bits per heavy atom. The fraction of sp³-hybridized carbons (Fsp3) is 0. The van der Waals surface area contributed by atoms with E-state index in [1.807, 2.05) is 0 Å². The van der Waals surface area contributed by atoms with Gasteiger partial charge in [0.2, 0.25) is 0 Å². The summed E-state index contributed by atoms with van der Waals surface area (Å²) in [5.74, 6) is 0. The number of nitrogens with one attached hydrogen (secondary N) is 1. The molecule has 0 saturated heterocycles. The Balaban J connectivity index is 0.000000810. The molecule has 1 N–H and O–H groups in total. The Hall–Kier alpha value is -0.610. The van der Waals surface area contributed by atoms with Gasteiger partial charge in [0.1, 0.15) is 5.69 Å². The maximum atomic E-state index is 10.1. The number of benzene rings is 1. The van der Waals surface area contributed by atoms with Gasteiger partial charge in [-0.15, -0.1) is 0 Å². The monoisotopic (exact) mass is 159 g/mol. The predicted octanol–water partition coefficient (Wildman–Crippen LogP) is -2.80. The molecular weight excluding hydrogens is 154 g/mol. The van der Waals surface area contributed by atoms with Crippen LogP contribution >= 0.6 is 0 Å². The van der Waals surface area contributed by atoms with Crippen molar-refractivity contribution in [2.45, 2.75) is 0 Å². The topological polar surface area (TPSA) is 50.6 Å². The lowest BCUT2D eigenvalue weighted by molar-refractivity contribution is -0.715. The molecule has 0 aliphatic carbocycles. The molecule has 0 aromatic heterocycles. The molecule has 0 amide bonds. The molecule has 0 heterocycles. The van der Waals surface area contributed by atoms with Gasteiger partial charge in [0.25, 0.3) is 0 Å². The lowest BCUT2D eigenvalue weighted by Crippen LogP contribution is -3.00. The van der Waals surface area contributed by atoms with Crippen molar-refractivity contribution in [2.24, 2.45) is 0 Å². The van der Waals surface area contributed by atoms with Gasteiger partial charge in [-0.25, -0.2) is 0 Å². The van der Waals surface area contributed by atoms with Crippen LogP contribution in [-0.4, -0.2) is 0 Å². The first kappa shape index (κ1) is 9.39. The predicted molar refractivity (Wildman–Crippen MR) is 33.8 cm³/mol. The zero-order valence-electron chi connectivity index (χ0n) is 5.08. The van der Waals surface area contributed by atoms with Crippen molar-refractivity contribution < 1.29 is 17.6 Å². The maximum Gasteiger partial charge on any atom is 0.131 e. The largest absolute Gasteiger partial charge is 1.00 e. The van der Waals surface area contributed by atoms with E-state index >= 15 is 0 Å². The Labute approximate surface area is 64.8 Å². The van der Waals surface area contributed by atoms with E-state index in [0.29, 0.717) is 0 Å². The van der Waals surface area contributed by atoms with E-state index in [1.165, 1.54) is 12.1 Å². The Morgan fingerprint density at radius 3 is 1.80 bits per heavy atom. The first-order chi connectivity index (χ1) is 4.30. The molecule has 4 heteroatoms. The van der Waals surface area contributed by atoms with Crippen LogP contribution in [0, 0.1) is 10.4 Å². The third-order valence-corrected chi connectivity index (χ3v) is 1.01. The summed E-state index contributed by atoms with van der Waals surface area (Å²) < 4.78 is 0. The van der Waals surface area contributed by atoms with Gasteiger partial charge >= 0.3 is 0 Å². The number of hydrogen-bond donors (Lipinski definition) is 1. The third-order valence-electron chi connectivity index (χ3n) is 1.01. The smallest absolute Gasteiger partial charge is 0.131 e. The minimum atomic E-state index is -1.13. The van der Waals surface area contributed by atoms with E-state index in [-0.39, 0.29) is 18.1 Å². The molecule has 0 bridgehead atoms. The molecular formula is C6H6ClNO2-2. The summed E-state index contributed by atoms with van der Waals surface area (Å²) in [4.78, 5) is 0. The second kappa shape index (κ2) is 4.24. The van der Waals surface area contributed by atoms with Crippen molar-refractivity contribution in [3.05, 3.63) is 40.7 Å². The highest BCUT2D eigenvalue weighted by molar-refractivity contribution is 5.27. The fourth-order valence-corrected chi connectivity index (χ4v) is 0.574. The molecule has 1 aromatic carbocycles. The Kier molecular flexibility index (Phi) is 3.99. The minimum Gasteiger partial charge on any atom is -1.00 e. The Bertz CT molecular complexity index is 178. The molecule has 0 aliphatic rings. The van der Waals surface area contributed by atoms with E-state index in [0.717, 1.165) is 0 Å². The van der Waals surface area contributed by atoms with Crippen LogP contribution in [0.5, 0.6) is 0 Å². The van der Waals surface area contributed by atoms with Crippen molar-refractivity contribution >= 4 is 5.69 Å². The van der Waals surface area contributed by atoms with Crippen molar-refractivity contribution in [3.63, 3.8) is 0 Å². The van der Waals surface area contributed by atoms with E-state index < -0.39 is 5.23 Å². The molecule has 1 aromatic rings. The third kappa shape index (κ3) is 2.33. The summed E-state index contributed by atoms with van der Waals surface area (Å²) in [5.41, 5.74) is 0.220. The van der Waals surface area contributed by atoms with Crippen LogP contribution in [0.15, 0.2) is 30.3 Å². The van der Waals surface area contributed by atoms with Gasteiger partial charge in [0, 0.05) is 0 Å². The SMILES string of the molecule is [Cl-].[O-][NH+]([O-])c1ccccc1. The molecule has 1 rings (SSSR count). The molecule has 56 valence electrons. The van der Waals surface area contributed by atoms with Crippen LogP contribution in [0.1, 0.15) is 0 Å². The highest BCUT2D eigenvalue weighted by Gasteiger charge is 1.86. The van der Waals surface area contributed by atoms with Crippen LogP contribution in [0.25, 0.3) is 0 Å². The molecule has 0 saturated carbocycles. The van der Waals surface area contributed by atoms with Crippen LogP contribution in [-0.2, 0) is 0 Å². The highest BCUT2D eigenvalue weighted by atomic mass is 35.5. The average molecular weight is 160 g/mol. The Morgan fingerprint density at radius 2 is 1.50 bits per heavy atom. The lowest BCUT2D eigenvalue weighted by atomic mass is 10.3. The van der Waals surface area contributed by atoms with Crippen molar-refractivity contribution in [2.75, 3.05) is 0 Å². The molecule has 0 spiro atoms. The van der Waals surface area contributed by atoms with Gasteiger partial charge in [-0.05, 0) is 12.1 Å². The van der Waals surface area contributed by atoms with Gasteiger partial charge in [0.15, 0.2) is 0 Å². The molecule has 10 heavy (non-hydrogen) atoms. The van der Waals surface area contributed by atoms with Crippen LogP contribution in [0.2, 0.25) is 0 Å². The van der Waals surface area contributed by atoms with E-state index in [9.17, 15) is 10.4 Å². The quantitative estimate of drug-likeness (QED) is 0.450. The first-order valence-corrected chi connectivity index (χ1v) is 2.57. The van der Waals surface area contributed by atoms with Gasteiger partial charge in [-0.3, -0.25) is 0 Å². The summed E-state index contributed by atoms with van der Waals surface area (Å²) in [6.45, 7) is 0. The second-order valence-electron chi connectivity index (χ2n) is 1.65. The zero-order valence-corrected chi connectivity index (χ0v) is 5.84. The summed E-state index contributed by atoms with van der Waals surface area (Å²) in [6, 6.07) is 8.06. The van der Waals surface area contributed by atoms with Gasteiger partial charge in [-0.1, -0.05) is 18.2 Å². The molecule has 0 aliphatic heterocycles. The van der Waals surface area contributed by atoms with Crippen LogP contribution in [0.4, 0.5) is 5.69 Å². The average Bonchev–Trinajstić information content (AvgIpc) is 1.90. The maximum absolute atomic E-state index is 10.1. The van der Waals surface area contributed by atoms with Crippen molar-refractivity contribution in [1.82, 2.24) is 0 Å². The number of quaternary nitrogens is 1. The normalized spacial score (nSPS) is 9.10. The van der Waals surface area contributed by atoms with E-state index in [4.69, 9.17) is 0 Å². The lowest BCUT2D eigenvalue weighted by Gasteiger charge is -2.24. The van der Waals surface area contributed by atoms with Crippen molar-refractivity contribution in [1.29, 1.82) is 0 Å². The highest BCUT2D eigenvalue weighted by Crippen LogP contribution is 1.96. The second-order valence-corrected chi connectivity index (χ2v) is 1.65. The van der Waals surface area contributed by atoms with Gasteiger partial charge in [0.05, 0.1) is 0 Å². The molecule has 0 unspecified atom stereocenters. The van der Waals surface area contributed by atoms with E-state index in [2.05, 4.69) is 0 Å². The molecule has 0 fully saturated rings. The van der Waals surface area contributed by atoms with Crippen molar-refractivity contribution in [3.8, 4) is 0 Å². The van der Waals surface area contributed by atoms with E-state index in [1.54, 1.807) is 18.2 Å². The van der Waals surface area contributed by atoms with Gasteiger partial charge < -0.3 is 28.0 Å². The number of hydrogen-bond acceptors (Lipinski definition) is 2. The summed E-state index contributed by atoms with van der Waals surface area (Å²) >= 11 is 0. The standard InChI is InChI=1S/C6H6NO2.ClH/c8-7(9)6-4-2-1-3-5-6;/h1-5,7H;1H/q-1;/p-1. The summed E-state index contributed by atoms with van der Waals surface area (Å²) in [7, 11) is 0. The minimum absolute atomic E-state index is 0. The molecule has 0 atom stereocenters. The fourth-order valence-electron chi connectivity index (χ4n) is 0.574. The van der Waals surface area contributed by atoms with Crippen LogP contribution < -0.4 is 17.6 Å². The molecule has 3 nitrogen and oxygen atoms in total. The zero-order chi connectivity index (χ0) is 6.69.